The molecule has 110 valence electrons. The highest BCUT2D eigenvalue weighted by molar-refractivity contribution is 6.00. The second-order valence-corrected chi connectivity index (χ2v) is 5.06. The lowest BCUT2D eigenvalue weighted by atomic mass is 10.0. The fourth-order valence-corrected chi connectivity index (χ4v) is 2.07. The Hall–Kier alpha value is -2.69. The van der Waals surface area contributed by atoms with Crippen LogP contribution in [-0.4, -0.2) is 16.2 Å². The average Bonchev–Trinajstić information content (AvgIpc) is 2.37. The van der Waals surface area contributed by atoms with Gasteiger partial charge in [-0.2, -0.15) is 0 Å². The number of para-hydroxylation sites is 1. The molecule has 0 heterocycles. The van der Waals surface area contributed by atoms with Crippen LogP contribution in [-0.2, 0) is 0 Å². The van der Waals surface area contributed by atoms with Gasteiger partial charge in [0.15, 0.2) is 0 Å². The number of hydrogen-bond donors (Lipinski definition) is 4. The van der Waals surface area contributed by atoms with Crippen LogP contribution >= 0.6 is 0 Å². The first kappa shape index (κ1) is 14.7. The Morgan fingerprint density at radius 1 is 1.00 bits per heavy atom. The van der Waals surface area contributed by atoms with Crippen LogP contribution in [0.5, 0.6) is 11.5 Å². The molecule has 5 nitrogen and oxygen atoms in total. The van der Waals surface area contributed by atoms with Crippen molar-refractivity contribution in [1.29, 1.82) is 0 Å². The van der Waals surface area contributed by atoms with Gasteiger partial charge < -0.3 is 20.8 Å². The Kier molecular flexibility index (Phi) is 4.33. The number of phenolic OH excluding ortho intramolecular Hbond substituents is 2. The summed E-state index contributed by atoms with van der Waals surface area (Å²) in [5.41, 5.74) is 2.08. The van der Waals surface area contributed by atoms with Crippen LogP contribution in [0.15, 0.2) is 42.5 Å². The second-order valence-electron chi connectivity index (χ2n) is 5.06. The number of benzene rings is 2. The van der Waals surface area contributed by atoms with Gasteiger partial charge in [0.25, 0.3) is 0 Å². The maximum absolute atomic E-state index is 12.0. The highest BCUT2D eigenvalue weighted by Gasteiger charge is 2.09. The molecular weight excluding hydrogens is 268 g/mol. The Morgan fingerprint density at radius 2 is 1.62 bits per heavy atom. The van der Waals surface area contributed by atoms with E-state index in [0.29, 0.717) is 5.69 Å². The summed E-state index contributed by atoms with van der Waals surface area (Å²) in [6, 6.07) is 11.0. The third kappa shape index (κ3) is 3.89. The molecule has 0 radical (unpaired) electrons. The maximum Gasteiger partial charge on any atom is 0.323 e. The van der Waals surface area contributed by atoms with E-state index in [2.05, 4.69) is 10.6 Å². The second kappa shape index (κ2) is 6.17. The van der Waals surface area contributed by atoms with Crippen molar-refractivity contribution in [2.45, 2.75) is 19.8 Å². The zero-order valence-electron chi connectivity index (χ0n) is 11.9. The van der Waals surface area contributed by atoms with Crippen LogP contribution in [0.25, 0.3) is 0 Å². The number of carbonyl (C=O) groups excluding carboxylic acids is 1. The number of amides is 2. The first-order chi connectivity index (χ1) is 9.95. The molecule has 0 saturated carbocycles. The summed E-state index contributed by atoms with van der Waals surface area (Å²) in [7, 11) is 0. The third-order valence-corrected chi connectivity index (χ3v) is 2.99. The quantitative estimate of drug-likeness (QED) is 0.691. The van der Waals surface area contributed by atoms with Crippen LogP contribution in [0.4, 0.5) is 16.2 Å². The van der Waals surface area contributed by atoms with Gasteiger partial charge in [0.2, 0.25) is 0 Å². The number of aromatic hydroxyl groups is 2. The molecule has 0 unspecified atom stereocenters. The molecule has 0 fully saturated rings. The Labute approximate surface area is 123 Å². The lowest BCUT2D eigenvalue weighted by Crippen LogP contribution is -2.20. The highest BCUT2D eigenvalue weighted by atomic mass is 16.3. The van der Waals surface area contributed by atoms with E-state index in [1.54, 1.807) is 0 Å². The molecule has 5 heteroatoms. The summed E-state index contributed by atoms with van der Waals surface area (Å²) >= 11 is 0. The van der Waals surface area contributed by atoms with Crippen molar-refractivity contribution in [2.24, 2.45) is 0 Å². The number of hydrogen-bond acceptors (Lipinski definition) is 3. The van der Waals surface area contributed by atoms with Gasteiger partial charge in [0, 0.05) is 29.6 Å². The number of nitrogens with one attached hydrogen (secondary N) is 2. The van der Waals surface area contributed by atoms with Gasteiger partial charge in [-0.25, -0.2) is 4.79 Å². The molecule has 0 aliphatic heterocycles. The molecule has 2 rings (SSSR count). The SMILES string of the molecule is CC(C)c1ccccc1NC(=O)Nc1cc(O)cc(O)c1. The van der Waals surface area contributed by atoms with Crippen molar-refractivity contribution in [2.75, 3.05) is 10.6 Å². The van der Waals surface area contributed by atoms with Gasteiger partial charge in [-0.3, -0.25) is 0 Å². The van der Waals surface area contributed by atoms with E-state index in [0.717, 1.165) is 11.3 Å². The summed E-state index contributed by atoms with van der Waals surface area (Å²) in [5.74, 6) is 0.0482. The molecule has 0 aromatic heterocycles. The monoisotopic (exact) mass is 286 g/mol. The predicted octanol–water partition coefficient (Wildman–Crippen LogP) is 3.87. The predicted molar refractivity (Wildman–Crippen MR) is 82.9 cm³/mol. The van der Waals surface area contributed by atoms with Crippen LogP contribution < -0.4 is 10.6 Å². The number of urea groups is 1. The molecule has 2 amide bonds. The van der Waals surface area contributed by atoms with Gasteiger partial charge in [-0.15, -0.1) is 0 Å². The molecule has 2 aromatic carbocycles. The minimum atomic E-state index is -0.437. The molecule has 21 heavy (non-hydrogen) atoms. The molecule has 0 bridgehead atoms. The zero-order chi connectivity index (χ0) is 15.4. The molecule has 0 spiro atoms. The first-order valence-electron chi connectivity index (χ1n) is 6.65. The Bertz CT molecular complexity index is 633. The van der Waals surface area contributed by atoms with E-state index in [1.165, 1.54) is 18.2 Å². The Morgan fingerprint density at radius 3 is 2.24 bits per heavy atom. The molecule has 0 aliphatic carbocycles. The molecule has 2 aromatic rings. The summed E-state index contributed by atoms with van der Waals surface area (Å²) in [4.78, 5) is 12.0. The van der Waals surface area contributed by atoms with Gasteiger partial charge in [-0.05, 0) is 17.5 Å². The molecule has 4 N–H and O–H groups in total. The smallest absolute Gasteiger partial charge is 0.323 e. The fourth-order valence-electron chi connectivity index (χ4n) is 2.07. The third-order valence-electron chi connectivity index (χ3n) is 2.99. The first-order valence-corrected chi connectivity index (χ1v) is 6.65. The largest absolute Gasteiger partial charge is 0.508 e. The number of phenols is 2. The van der Waals surface area contributed by atoms with Gasteiger partial charge in [-0.1, -0.05) is 32.0 Å². The summed E-state index contributed by atoms with van der Waals surface area (Å²) in [5, 5.41) is 24.1. The fraction of sp³-hybridized carbons (Fsp3) is 0.188. The lowest BCUT2D eigenvalue weighted by molar-refractivity contribution is 0.262. The molecule has 0 saturated heterocycles. The summed E-state index contributed by atoms with van der Waals surface area (Å²) < 4.78 is 0. The van der Waals surface area contributed by atoms with Crippen molar-refractivity contribution >= 4 is 17.4 Å². The summed E-state index contributed by atoms with van der Waals surface area (Å²) in [6.45, 7) is 4.09. The zero-order valence-corrected chi connectivity index (χ0v) is 11.9. The van der Waals surface area contributed by atoms with Crippen molar-refractivity contribution in [1.82, 2.24) is 0 Å². The minimum Gasteiger partial charge on any atom is -0.508 e. The van der Waals surface area contributed by atoms with E-state index in [-0.39, 0.29) is 17.4 Å². The van der Waals surface area contributed by atoms with E-state index in [4.69, 9.17) is 0 Å². The lowest BCUT2D eigenvalue weighted by Gasteiger charge is -2.14. The average molecular weight is 286 g/mol. The number of carbonyl (C=O) groups is 1. The van der Waals surface area contributed by atoms with E-state index in [9.17, 15) is 15.0 Å². The van der Waals surface area contributed by atoms with Gasteiger partial charge in [0.1, 0.15) is 11.5 Å². The van der Waals surface area contributed by atoms with Crippen molar-refractivity contribution in [3.8, 4) is 11.5 Å². The molecule has 0 aliphatic rings. The standard InChI is InChI=1S/C16H18N2O3/c1-10(2)14-5-3-4-6-15(14)18-16(21)17-11-7-12(19)9-13(20)8-11/h3-10,19-20H,1-2H3,(H2,17,18,21). The Balaban J connectivity index is 2.12. The topological polar surface area (TPSA) is 81.6 Å². The van der Waals surface area contributed by atoms with Crippen LogP contribution in [0.3, 0.4) is 0 Å². The van der Waals surface area contributed by atoms with E-state index >= 15 is 0 Å². The summed E-state index contributed by atoms with van der Waals surface area (Å²) in [6.07, 6.45) is 0. The molecule has 0 atom stereocenters. The van der Waals surface area contributed by atoms with Crippen LogP contribution in [0.2, 0.25) is 0 Å². The minimum absolute atomic E-state index is 0.118. The van der Waals surface area contributed by atoms with E-state index < -0.39 is 6.03 Å². The van der Waals surface area contributed by atoms with Crippen molar-refractivity contribution in [3.63, 3.8) is 0 Å². The maximum atomic E-state index is 12.0. The van der Waals surface area contributed by atoms with Crippen LogP contribution in [0.1, 0.15) is 25.3 Å². The number of rotatable bonds is 3. The highest BCUT2D eigenvalue weighted by Crippen LogP contribution is 2.26. The van der Waals surface area contributed by atoms with E-state index in [1.807, 2.05) is 38.1 Å². The number of anilines is 2. The molecular formula is C16H18N2O3. The van der Waals surface area contributed by atoms with Gasteiger partial charge in [0.05, 0.1) is 0 Å². The van der Waals surface area contributed by atoms with Gasteiger partial charge >= 0.3 is 6.03 Å². The van der Waals surface area contributed by atoms with Crippen molar-refractivity contribution < 1.29 is 15.0 Å². The normalized spacial score (nSPS) is 10.4. The van der Waals surface area contributed by atoms with Crippen LogP contribution in [0, 0.1) is 0 Å². The van der Waals surface area contributed by atoms with Crippen molar-refractivity contribution in [3.05, 3.63) is 48.0 Å².